The Bertz CT molecular complexity index is 1050. The number of fused-ring (bicyclic) bond motifs is 1. The van der Waals surface area contributed by atoms with Crippen LogP contribution in [0.5, 0.6) is 0 Å². The number of aromatic amines is 1. The largest absolute Gasteiger partial charge is 0.310 e. The number of benzene rings is 2. The van der Waals surface area contributed by atoms with E-state index in [1.807, 2.05) is 59.5 Å². The highest BCUT2D eigenvalue weighted by atomic mass is 16.1. The summed E-state index contributed by atoms with van der Waals surface area (Å²) in [6.07, 6.45) is 3.78. The van der Waals surface area contributed by atoms with Crippen LogP contribution in [0.3, 0.4) is 0 Å². The summed E-state index contributed by atoms with van der Waals surface area (Å²) in [7, 11) is 0. The summed E-state index contributed by atoms with van der Waals surface area (Å²) < 4.78 is 1.83. The molecule has 5 nitrogen and oxygen atoms in total. The number of rotatable bonds is 2. The minimum absolute atomic E-state index is 0.112. The van der Waals surface area contributed by atoms with Gasteiger partial charge in [-0.15, -0.1) is 0 Å². The van der Waals surface area contributed by atoms with E-state index in [1.165, 1.54) is 0 Å². The highest BCUT2D eigenvalue weighted by Gasteiger charge is 2.07. The molecule has 2 heterocycles. The third-order valence-electron chi connectivity index (χ3n) is 3.76. The predicted molar refractivity (Wildman–Crippen MR) is 89.7 cm³/mol. The third-order valence-corrected chi connectivity index (χ3v) is 3.76. The van der Waals surface area contributed by atoms with E-state index >= 15 is 0 Å². The zero-order chi connectivity index (χ0) is 15.8. The number of hydrogen-bond donors (Lipinski definition) is 1. The molecule has 0 aliphatic rings. The highest BCUT2D eigenvalue weighted by Crippen LogP contribution is 2.22. The maximum Gasteiger partial charge on any atom is 0.258 e. The smallest absolute Gasteiger partial charge is 0.258 e. The molecular formula is C18H14N4O. The van der Waals surface area contributed by atoms with Gasteiger partial charge in [-0.1, -0.05) is 24.3 Å². The lowest BCUT2D eigenvalue weighted by Crippen LogP contribution is -2.09. The lowest BCUT2D eigenvalue weighted by Gasteiger charge is -2.02. The normalized spacial score (nSPS) is 11.0. The van der Waals surface area contributed by atoms with Gasteiger partial charge in [-0.3, -0.25) is 4.79 Å². The van der Waals surface area contributed by atoms with Gasteiger partial charge in [-0.25, -0.2) is 9.67 Å². The standard InChI is InChI=1S/C18H14N4O/c1-12-20-17-9-13(7-8-16(17)18(23)21-12)14-10-19-22(11-14)15-5-3-2-4-6-15/h2-11H,1H3,(H,20,21,23). The Balaban J connectivity index is 1.81. The van der Waals surface area contributed by atoms with Crippen molar-refractivity contribution in [2.45, 2.75) is 6.92 Å². The van der Waals surface area contributed by atoms with Gasteiger partial charge in [-0.05, 0) is 36.8 Å². The summed E-state index contributed by atoms with van der Waals surface area (Å²) in [6, 6.07) is 15.6. The summed E-state index contributed by atoms with van der Waals surface area (Å²) in [5.74, 6) is 0.611. The van der Waals surface area contributed by atoms with E-state index in [2.05, 4.69) is 15.1 Å². The number of aromatic nitrogens is 4. The molecule has 5 heteroatoms. The topological polar surface area (TPSA) is 63.6 Å². The average molecular weight is 302 g/mol. The van der Waals surface area contributed by atoms with Crippen LogP contribution < -0.4 is 5.56 Å². The maximum absolute atomic E-state index is 11.9. The fourth-order valence-corrected chi connectivity index (χ4v) is 2.63. The second-order valence-corrected chi connectivity index (χ2v) is 5.39. The Kier molecular flexibility index (Phi) is 3.05. The van der Waals surface area contributed by atoms with Gasteiger partial charge in [0.25, 0.3) is 5.56 Å². The van der Waals surface area contributed by atoms with Gasteiger partial charge in [0.1, 0.15) is 5.82 Å². The van der Waals surface area contributed by atoms with Crippen molar-refractivity contribution in [3.63, 3.8) is 0 Å². The fraction of sp³-hybridized carbons (Fsp3) is 0.0556. The molecule has 0 saturated heterocycles. The lowest BCUT2D eigenvalue weighted by molar-refractivity contribution is 0.881. The molecular weight excluding hydrogens is 288 g/mol. The molecule has 2 aromatic carbocycles. The second kappa shape index (κ2) is 5.21. The van der Waals surface area contributed by atoms with Crippen molar-refractivity contribution in [3.8, 4) is 16.8 Å². The van der Waals surface area contributed by atoms with E-state index in [9.17, 15) is 4.79 Å². The summed E-state index contributed by atoms with van der Waals surface area (Å²) in [5, 5.41) is 5.00. The van der Waals surface area contributed by atoms with E-state index in [-0.39, 0.29) is 5.56 Å². The van der Waals surface area contributed by atoms with Crippen molar-refractivity contribution in [1.82, 2.24) is 19.7 Å². The highest BCUT2D eigenvalue weighted by molar-refractivity contribution is 5.83. The van der Waals surface area contributed by atoms with E-state index in [4.69, 9.17) is 0 Å². The van der Waals surface area contributed by atoms with Crippen molar-refractivity contribution in [1.29, 1.82) is 0 Å². The Morgan fingerprint density at radius 2 is 1.87 bits per heavy atom. The molecule has 23 heavy (non-hydrogen) atoms. The number of aryl methyl sites for hydroxylation is 1. The van der Waals surface area contributed by atoms with Gasteiger partial charge in [-0.2, -0.15) is 5.10 Å². The molecule has 2 aromatic heterocycles. The van der Waals surface area contributed by atoms with Gasteiger partial charge < -0.3 is 4.98 Å². The van der Waals surface area contributed by atoms with Crippen molar-refractivity contribution in [2.75, 3.05) is 0 Å². The molecule has 0 saturated carbocycles. The first-order valence-corrected chi connectivity index (χ1v) is 7.32. The molecule has 0 fully saturated rings. The number of H-pyrrole nitrogens is 1. The molecule has 0 spiro atoms. The van der Waals surface area contributed by atoms with Gasteiger partial charge in [0, 0.05) is 11.8 Å². The molecule has 0 radical (unpaired) electrons. The summed E-state index contributed by atoms with van der Waals surface area (Å²) in [4.78, 5) is 19.0. The summed E-state index contributed by atoms with van der Waals surface area (Å²) >= 11 is 0. The van der Waals surface area contributed by atoms with E-state index in [0.29, 0.717) is 16.7 Å². The SMILES string of the molecule is Cc1nc2cc(-c3cnn(-c4ccccc4)c3)ccc2c(=O)[nH]1. The van der Waals surface area contributed by atoms with Crippen LogP contribution in [0.15, 0.2) is 65.7 Å². The van der Waals surface area contributed by atoms with Crippen LogP contribution in [0.2, 0.25) is 0 Å². The van der Waals surface area contributed by atoms with Crippen LogP contribution in [0.25, 0.3) is 27.7 Å². The van der Waals surface area contributed by atoms with E-state index in [0.717, 1.165) is 16.8 Å². The Hall–Kier alpha value is -3.21. The number of nitrogens with one attached hydrogen (secondary N) is 1. The predicted octanol–water partition coefficient (Wildman–Crippen LogP) is 3.08. The van der Waals surface area contributed by atoms with Crippen molar-refractivity contribution in [3.05, 3.63) is 77.1 Å². The van der Waals surface area contributed by atoms with E-state index in [1.54, 1.807) is 13.0 Å². The first-order chi connectivity index (χ1) is 11.2. The Morgan fingerprint density at radius 1 is 1.04 bits per heavy atom. The minimum atomic E-state index is -0.112. The van der Waals surface area contributed by atoms with Crippen LogP contribution in [-0.2, 0) is 0 Å². The molecule has 4 aromatic rings. The number of hydrogen-bond acceptors (Lipinski definition) is 3. The third kappa shape index (κ3) is 2.42. The Labute approximate surface area is 132 Å². The zero-order valence-corrected chi connectivity index (χ0v) is 12.5. The van der Waals surface area contributed by atoms with Crippen LogP contribution >= 0.6 is 0 Å². The molecule has 0 atom stereocenters. The van der Waals surface area contributed by atoms with Gasteiger partial charge in [0.2, 0.25) is 0 Å². The summed E-state index contributed by atoms with van der Waals surface area (Å²) in [5.41, 5.74) is 3.55. The van der Waals surface area contributed by atoms with Crippen LogP contribution in [0, 0.1) is 6.92 Å². The quantitative estimate of drug-likeness (QED) is 0.619. The fourth-order valence-electron chi connectivity index (χ4n) is 2.63. The van der Waals surface area contributed by atoms with Crippen molar-refractivity contribution < 1.29 is 0 Å². The molecule has 112 valence electrons. The van der Waals surface area contributed by atoms with Gasteiger partial charge in [0.15, 0.2) is 0 Å². The zero-order valence-electron chi connectivity index (χ0n) is 12.5. The molecule has 0 unspecified atom stereocenters. The lowest BCUT2D eigenvalue weighted by atomic mass is 10.1. The number of nitrogens with zero attached hydrogens (tertiary/aromatic N) is 3. The van der Waals surface area contributed by atoms with Crippen LogP contribution in [-0.4, -0.2) is 19.7 Å². The van der Waals surface area contributed by atoms with Crippen molar-refractivity contribution in [2.24, 2.45) is 0 Å². The average Bonchev–Trinajstić information content (AvgIpc) is 3.05. The molecule has 0 aliphatic carbocycles. The van der Waals surface area contributed by atoms with Crippen LogP contribution in [0.1, 0.15) is 5.82 Å². The minimum Gasteiger partial charge on any atom is -0.310 e. The molecule has 1 N–H and O–H groups in total. The first-order valence-electron chi connectivity index (χ1n) is 7.32. The van der Waals surface area contributed by atoms with Crippen molar-refractivity contribution >= 4 is 10.9 Å². The molecule has 0 bridgehead atoms. The number of para-hydroxylation sites is 1. The first kappa shape index (κ1) is 13.5. The maximum atomic E-state index is 11.9. The summed E-state index contributed by atoms with van der Waals surface area (Å²) in [6.45, 7) is 1.78. The van der Waals surface area contributed by atoms with E-state index < -0.39 is 0 Å². The monoisotopic (exact) mass is 302 g/mol. The van der Waals surface area contributed by atoms with Gasteiger partial charge >= 0.3 is 0 Å². The Morgan fingerprint density at radius 3 is 2.70 bits per heavy atom. The van der Waals surface area contributed by atoms with Gasteiger partial charge in [0.05, 0.1) is 22.8 Å². The molecule has 0 aliphatic heterocycles. The molecule has 0 amide bonds. The molecule has 4 rings (SSSR count). The second-order valence-electron chi connectivity index (χ2n) is 5.39. The van der Waals surface area contributed by atoms with Crippen LogP contribution in [0.4, 0.5) is 0 Å².